The second kappa shape index (κ2) is 7.69. The van der Waals surface area contributed by atoms with Gasteiger partial charge in [0, 0.05) is 0 Å². The average Bonchev–Trinajstić information content (AvgIpc) is 2.27. The molecule has 0 amide bonds. The normalized spacial score (nSPS) is 19.3. The molecule has 7 heteroatoms. The molecule has 0 aliphatic heterocycles. The Bertz CT molecular complexity index is 174. The van der Waals surface area contributed by atoms with Gasteiger partial charge in [0.1, 0.15) is 18.3 Å². The molecule has 4 atom stereocenters. The highest BCUT2D eigenvalue weighted by Crippen LogP contribution is 2.09. The molecule has 4 N–H and O–H groups in total. The summed E-state index contributed by atoms with van der Waals surface area (Å²) < 4.78 is 0. The molecular weight excluding hydrogens is 208 g/mol. The van der Waals surface area contributed by atoms with Gasteiger partial charge in [-0.2, -0.15) is 0 Å². The van der Waals surface area contributed by atoms with Gasteiger partial charge in [-0.05, 0) is 6.92 Å². The van der Waals surface area contributed by atoms with Crippen LogP contribution >= 0.6 is 0 Å². The van der Waals surface area contributed by atoms with Crippen molar-refractivity contribution in [2.24, 2.45) is 0 Å². The molecule has 0 aromatic heterocycles. The lowest BCUT2D eigenvalue weighted by molar-refractivity contribution is -0.351. The first kappa shape index (κ1) is 14.4. The Morgan fingerprint density at radius 2 is 1.93 bits per heavy atom. The zero-order chi connectivity index (χ0) is 11.8. The fourth-order valence-corrected chi connectivity index (χ4v) is 0.867. The SMILES string of the molecule is CCOOC(C(O)C=O)C(O)C(O)CO. The molecule has 0 fully saturated rings. The maximum atomic E-state index is 10.3. The Labute approximate surface area is 86.8 Å². The molecule has 90 valence electrons. The molecule has 0 bridgehead atoms. The number of aldehydes is 1. The van der Waals surface area contributed by atoms with Gasteiger partial charge >= 0.3 is 0 Å². The van der Waals surface area contributed by atoms with Gasteiger partial charge in [-0.3, -0.25) is 0 Å². The minimum Gasteiger partial charge on any atom is -0.394 e. The number of hydrogen-bond acceptors (Lipinski definition) is 7. The van der Waals surface area contributed by atoms with Gasteiger partial charge in [-0.15, -0.1) is 0 Å². The Balaban J connectivity index is 4.38. The summed E-state index contributed by atoms with van der Waals surface area (Å²) in [6.45, 7) is 1.02. The molecule has 0 heterocycles. The van der Waals surface area contributed by atoms with E-state index in [0.717, 1.165) is 0 Å². The van der Waals surface area contributed by atoms with Crippen LogP contribution in [0.3, 0.4) is 0 Å². The summed E-state index contributed by atoms with van der Waals surface area (Å²) in [6, 6.07) is 0. The third-order valence-corrected chi connectivity index (χ3v) is 1.69. The first-order valence-electron chi connectivity index (χ1n) is 4.47. The molecule has 4 unspecified atom stereocenters. The van der Waals surface area contributed by atoms with Crippen molar-refractivity contribution in [1.29, 1.82) is 0 Å². The molecule has 15 heavy (non-hydrogen) atoms. The zero-order valence-electron chi connectivity index (χ0n) is 8.31. The Morgan fingerprint density at radius 3 is 2.33 bits per heavy atom. The van der Waals surface area contributed by atoms with Crippen LogP contribution in [-0.2, 0) is 14.6 Å². The molecule has 0 aromatic rings. The summed E-state index contributed by atoms with van der Waals surface area (Å²) in [6.07, 6.45) is -6.10. The second-order valence-corrected chi connectivity index (χ2v) is 2.83. The molecule has 0 rings (SSSR count). The minimum atomic E-state index is -1.65. The van der Waals surface area contributed by atoms with Crippen LogP contribution in [0.4, 0.5) is 0 Å². The lowest BCUT2D eigenvalue weighted by atomic mass is 10.0. The molecule has 0 aliphatic carbocycles. The van der Waals surface area contributed by atoms with Crippen LogP contribution in [0, 0.1) is 0 Å². The van der Waals surface area contributed by atoms with Crippen molar-refractivity contribution >= 4 is 6.29 Å². The Kier molecular flexibility index (Phi) is 7.39. The molecule has 0 aromatic carbocycles. The van der Waals surface area contributed by atoms with Crippen molar-refractivity contribution in [3.63, 3.8) is 0 Å². The maximum absolute atomic E-state index is 10.3. The first-order chi connectivity index (χ1) is 7.08. The van der Waals surface area contributed by atoms with E-state index < -0.39 is 31.0 Å². The van der Waals surface area contributed by atoms with Crippen LogP contribution < -0.4 is 0 Å². The molecule has 0 saturated carbocycles. The Hall–Kier alpha value is -0.570. The van der Waals surface area contributed by atoms with Gasteiger partial charge in [0.25, 0.3) is 0 Å². The van der Waals surface area contributed by atoms with Gasteiger partial charge in [0.2, 0.25) is 0 Å². The molecule has 0 radical (unpaired) electrons. The number of hydrogen-bond donors (Lipinski definition) is 4. The highest BCUT2D eigenvalue weighted by atomic mass is 17.2. The van der Waals surface area contributed by atoms with Crippen LogP contribution in [0.2, 0.25) is 0 Å². The summed E-state index contributed by atoms with van der Waals surface area (Å²) >= 11 is 0. The van der Waals surface area contributed by atoms with E-state index >= 15 is 0 Å². The first-order valence-corrected chi connectivity index (χ1v) is 4.47. The summed E-state index contributed by atoms with van der Waals surface area (Å²) in [5.74, 6) is 0. The van der Waals surface area contributed by atoms with E-state index in [0.29, 0.717) is 0 Å². The quantitative estimate of drug-likeness (QED) is 0.206. The minimum absolute atomic E-state index is 0.136. The highest BCUT2D eigenvalue weighted by Gasteiger charge is 2.33. The second-order valence-electron chi connectivity index (χ2n) is 2.83. The highest BCUT2D eigenvalue weighted by molar-refractivity contribution is 5.56. The topological polar surface area (TPSA) is 116 Å². The third-order valence-electron chi connectivity index (χ3n) is 1.69. The van der Waals surface area contributed by atoms with Crippen LogP contribution in [0.5, 0.6) is 0 Å². The van der Waals surface area contributed by atoms with Crippen molar-refractivity contribution in [2.45, 2.75) is 31.3 Å². The predicted molar refractivity (Wildman–Crippen MR) is 47.7 cm³/mol. The van der Waals surface area contributed by atoms with Gasteiger partial charge in [0.05, 0.1) is 13.2 Å². The molecular formula is C8H16O7. The van der Waals surface area contributed by atoms with Gasteiger partial charge < -0.3 is 25.2 Å². The van der Waals surface area contributed by atoms with Crippen LogP contribution in [0.25, 0.3) is 0 Å². The summed E-state index contributed by atoms with van der Waals surface area (Å²) in [4.78, 5) is 19.3. The van der Waals surface area contributed by atoms with E-state index in [4.69, 9.17) is 15.3 Å². The summed E-state index contributed by atoms with van der Waals surface area (Å²) in [7, 11) is 0. The molecule has 0 saturated heterocycles. The maximum Gasteiger partial charge on any atom is 0.154 e. The zero-order valence-corrected chi connectivity index (χ0v) is 8.31. The van der Waals surface area contributed by atoms with Crippen molar-refractivity contribution in [3.8, 4) is 0 Å². The van der Waals surface area contributed by atoms with Crippen molar-refractivity contribution < 1.29 is 35.0 Å². The van der Waals surface area contributed by atoms with Crippen LogP contribution in [-0.4, -0.2) is 64.3 Å². The van der Waals surface area contributed by atoms with Crippen molar-refractivity contribution in [3.05, 3.63) is 0 Å². The molecule has 0 spiro atoms. The third kappa shape index (κ3) is 4.65. The summed E-state index contributed by atoms with van der Waals surface area (Å²) in [5.41, 5.74) is 0. The standard InChI is InChI=1S/C8H16O7/c1-2-14-15-8(6(12)4-10)7(13)5(11)3-9/h4-9,11-13H,2-3H2,1H3. The largest absolute Gasteiger partial charge is 0.394 e. The van der Waals surface area contributed by atoms with Crippen molar-refractivity contribution in [1.82, 2.24) is 0 Å². The van der Waals surface area contributed by atoms with Crippen LogP contribution in [0.15, 0.2) is 0 Å². The number of carbonyl (C=O) groups excluding carboxylic acids is 1. The van der Waals surface area contributed by atoms with E-state index in [-0.39, 0.29) is 12.9 Å². The molecule has 0 aliphatic rings. The monoisotopic (exact) mass is 224 g/mol. The number of aliphatic hydroxyl groups is 4. The lowest BCUT2D eigenvalue weighted by Gasteiger charge is -2.25. The molecule has 7 nitrogen and oxygen atoms in total. The summed E-state index contributed by atoms with van der Waals surface area (Å²) in [5, 5.41) is 36.1. The average molecular weight is 224 g/mol. The van der Waals surface area contributed by atoms with E-state index in [1.807, 2.05) is 0 Å². The lowest BCUT2D eigenvalue weighted by Crippen LogP contribution is -2.48. The number of aliphatic hydroxyl groups excluding tert-OH is 4. The van der Waals surface area contributed by atoms with Gasteiger partial charge in [-0.1, -0.05) is 0 Å². The fraction of sp³-hybridized carbons (Fsp3) is 0.875. The van der Waals surface area contributed by atoms with Gasteiger partial charge in [0.15, 0.2) is 12.4 Å². The number of carbonyl (C=O) groups is 1. The van der Waals surface area contributed by atoms with E-state index in [1.165, 1.54) is 0 Å². The Morgan fingerprint density at radius 1 is 1.33 bits per heavy atom. The predicted octanol–water partition coefficient (Wildman–Crippen LogP) is -2.40. The fourth-order valence-electron chi connectivity index (χ4n) is 0.867. The van der Waals surface area contributed by atoms with E-state index in [1.54, 1.807) is 6.92 Å². The number of rotatable bonds is 8. The van der Waals surface area contributed by atoms with E-state index in [2.05, 4.69) is 9.78 Å². The van der Waals surface area contributed by atoms with E-state index in [9.17, 15) is 9.90 Å². The smallest absolute Gasteiger partial charge is 0.154 e. The van der Waals surface area contributed by atoms with Gasteiger partial charge in [-0.25, -0.2) is 9.78 Å². The van der Waals surface area contributed by atoms with Crippen molar-refractivity contribution in [2.75, 3.05) is 13.2 Å². The van der Waals surface area contributed by atoms with Crippen LogP contribution in [0.1, 0.15) is 6.92 Å².